The molecule has 2 rings (SSSR count). The Morgan fingerprint density at radius 1 is 1.45 bits per heavy atom. The molecule has 1 aromatic carbocycles. The fourth-order valence-corrected chi connectivity index (χ4v) is 2.26. The highest BCUT2D eigenvalue weighted by molar-refractivity contribution is 7.13. The molecule has 1 N–H and O–H groups in total. The summed E-state index contributed by atoms with van der Waals surface area (Å²) in [5.41, 5.74) is 2.26. The van der Waals surface area contributed by atoms with Crippen LogP contribution < -0.4 is 5.43 Å². The molecule has 6 heteroatoms. The van der Waals surface area contributed by atoms with Crippen LogP contribution in [0.25, 0.3) is 0 Å². The summed E-state index contributed by atoms with van der Waals surface area (Å²) in [6.45, 7) is 1.96. The lowest BCUT2D eigenvalue weighted by Gasteiger charge is -2.01. The number of rotatable bonds is 3. The number of nitrogens with one attached hydrogen (secondary N) is 1. The van der Waals surface area contributed by atoms with E-state index in [0.717, 1.165) is 15.8 Å². The second-order valence-electron chi connectivity index (χ2n) is 3.95. The van der Waals surface area contributed by atoms with Gasteiger partial charge in [-0.05, 0) is 37.3 Å². The molecular formula is C14H10FN3OS. The molecule has 20 heavy (non-hydrogen) atoms. The second kappa shape index (κ2) is 6.08. The number of hydrazone groups is 1. The lowest BCUT2D eigenvalue weighted by atomic mass is 10.1. The van der Waals surface area contributed by atoms with E-state index in [1.165, 1.54) is 29.7 Å². The summed E-state index contributed by atoms with van der Waals surface area (Å²) in [7, 11) is 0. The van der Waals surface area contributed by atoms with Crippen molar-refractivity contribution in [3.63, 3.8) is 0 Å². The van der Waals surface area contributed by atoms with E-state index < -0.39 is 11.7 Å². The van der Waals surface area contributed by atoms with Crippen LogP contribution >= 0.6 is 11.3 Å². The molecule has 0 aliphatic carbocycles. The van der Waals surface area contributed by atoms with Gasteiger partial charge in [0.1, 0.15) is 5.82 Å². The molecule has 0 fully saturated rings. The first-order valence-electron chi connectivity index (χ1n) is 5.69. The minimum absolute atomic E-state index is 0.150. The highest BCUT2D eigenvalue weighted by atomic mass is 32.1. The van der Waals surface area contributed by atoms with Crippen molar-refractivity contribution in [1.82, 2.24) is 5.43 Å². The molecule has 0 bridgehead atoms. The van der Waals surface area contributed by atoms with Crippen LogP contribution in [-0.2, 0) is 0 Å². The molecule has 0 radical (unpaired) electrons. The van der Waals surface area contributed by atoms with Crippen molar-refractivity contribution in [2.45, 2.75) is 6.92 Å². The monoisotopic (exact) mass is 287 g/mol. The van der Waals surface area contributed by atoms with Crippen molar-refractivity contribution in [3.8, 4) is 6.07 Å². The lowest BCUT2D eigenvalue weighted by Crippen LogP contribution is -2.19. The van der Waals surface area contributed by atoms with Crippen molar-refractivity contribution in [3.05, 3.63) is 57.0 Å². The number of hydrogen-bond donors (Lipinski definition) is 1. The number of thiophene rings is 1. The molecule has 4 nitrogen and oxygen atoms in total. The van der Waals surface area contributed by atoms with Crippen molar-refractivity contribution in [2.75, 3.05) is 0 Å². The van der Waals surface area contributed by atoms with E-state index in [2.05, 4.69) is 10.5 Å². The highest BCUT2D eigenvalue weighted by Gasteiger charge is 2.11. The Morgan fingerprint density at radius 3 is 2.85 bits per heavy atom. The Morgan fingerprint density at radius 2 is 2.25 bits per heavy atom. The maximum absolute atomic E-state index is 13.6. The van der Waals surface area contributed by atoms with Gasteiger partial charge in [-0.2, -0.15) is 10.4 Å². The van der Waals surface area contributed by atoms with E-state index in [9.17, 15) is 9.18 Å². The van der Waals surface area contributed by atoms with Gasteiger partial charge in [-0.1, -0.05) is 0 Å². The molecule has 0 atom stereocenters. The van der Waals surface area contributed by atoms with E-state index in [1.807, 2.05) is 19.1 Å². The van der Waals surface area contributed by atoms with Crippen LogP contribution in [0.2, 0.25) is 0 Å². The summed E-state index contributed by atoms with van der Waals surface area (Å²) >= 11 is 1.53. The van der Waals surface area contributed by atoms with Crippen molar-refractivity contribution in [2.24, 2.45) is 5.10 Å². The molecule has 0 aliphatic heterocycles. The first kappa shape index (κ1) is 13.9. The number of amides is 1. The van der Waals surface area contributed by atoms with E-state index in [0.29, 0.717) is 0 Å². The Kier molecular flexibility index (Phi) is 4.23. The van der Waals surface area contributed by atoms with Crippen LogP contribution in [0.15, 0.2) is 35.4 Å². The molecule has 2 aromatic rings. The molecule has 0 saturated heterocycles. The minimum Gasteiger partial charge on any atom is -0.267 e. The first-order chi connectivity index (χ1) is 9.60. The fraction of sp³-hybridized carbons (Fsp3) is 0.0714. The molecule has 1 aromatic heterocycles. The molecule has 0 spiro atoms. The normalized spacial score (nSPS) is 10.4. The first-order valence-corrected chi connectivity index (χ1v) is 6.51. The Bertz CT molecular complexity index is 715. The molecule has 0 aliphatic rings. The quantitative estimate of drug-likeness (QED) is 0.697. The van der Waals surface area contributed by atoms with Crippen LogP contribution in [0, 0.1) is 24.1 Å². The second-order valence-corrected chi connectivity index (χ2v) is 5.27. The SMILES string of the molecule is Cc1ccc(/C=N\NC(=O)c2ccc(C#N)cc2F)s1. The van der Waals surface area contributed by atoms with Crippen molar-refractivity contribution in [1.29, 1.82) is 5.26 Å². The number of nitrogens with zero attached hydrogens (tertiary/aromatic N) is 2. The van der Waals surface area contributed by atoms with Gasteiger partial charge in [0.15, 0.2) is 0 Å². The van der Waals surface area contributed by atoms with Crippen LogP contribution in [-0.4, -0.2) is 12.1 Å². The largest absolute Gasteiger partial charge is 0.274 e. The van der Waals surface area contributed by atoms with Gasteiger partial charge in [-0.25, -0.2) is 9.82 Å². The summed E-state index contributed by atoms with van der Waals surface area (Å²) in [5.74, 6) is -1.40. The number of hydrogen-bond acceptors (Lipinski definition) is 4. The van der Waals surface area contributed by atoms with E-state index >= 15 is 0 Å². The zero-order valence-corrected chi connectivity index (χ0v) is 11.4. The smallest absolute Gasteiger partial charge is 0.267 e. The zero-order chi connectivity index (χ0) is 14.5. The van der Waals surface area contributed by atoms with Gasteiger partial charge < -0.3 is 0 Å². The predicted molar refractivity (Wildman–Crippen MR) is 75.2 cm³/mol. The summed E-state index contributed by atoms with van der Waals surface area (Å²) < 4.78 is 13.6. The van der Waals surface area contributed by atoms with Crippen LogP contribution in [0.1, 0.15) is 25.7 Å². The number of aryl methyl sites for hydroxylation is 1. The van der Waals surface area contributed by atoms with Gasteiger partial charge in [0.05, 0.1) is 23.4 Å². The zero-order valence-electron chi connectivity index (χ0n) is 10.6. The molecule has 100 valence electrons. The van der Waals surface area contributed by atoms with Gasteiger partial charge in [-0.3, -0.25) is 4.79 Å². The Balaban J connectivity index is 2.05. The molecule has 1 heterocycles. The summed E-state index contributed by atoms with van der Waals surface area (Å²) in [6.07, 6.45) is 1.50. The standard InChI is InChI=1S/C14H10FN3OS/c1-9-2-4-11(20-9)8-17-18-14(19)12-5-3-10(7-16)6-13(12)15/h2-6,8H,1H3,(H,18,19)/b17-8-. The molecule has 1 amide bonds. The van der Waals surface area contributed by atoms with E-state index in [1.54, 1.807) is 6.07 Å². The number of halogens is 1. The Labute approximate surface area is 119 Å². The van der Waals surface area contributed by atoms with Crippen molar-refractivity contribution < 1.29 is 9.18 Å². The average molecular weight is 287 g/mol. The number of carbonyl (C=O) groups is 1. The van der Waals surface area contributed by atoms with E-state index in [-0.39, 0.29) is 11.1 Å². The summed E-state index contributed by atoms with van der Waals surface area (Å²) in [6, 6.07) is 9.26. The van der Waals surface area contributed by atoms with Crippen molar-refractivity contribution >= 4 is 23.5 Å². The Hall–Kier alpha value is -2.52. The number of benzene rings is 1. The molecule has 0 unspecified atom stereocenters. The maximum atomic E-state index is 13.6. The van der Waals surface area contributed by atoms with Gasteiger partial charge in [-0.15, -0.1) is 11.3 Å². The summed E-state index contributed by atoms with van der Waals surface area (Å²) in [5, 5.41) is 12.4. The highest BCUT2D eigenvalue weighted by Crippen LogP contribution is 2.12. The third-order valence-corrected chi connectivity index (χ3v) is 3.40. The summed E-state index contributed by atoms with van der Waals surface area (Å²) in [4.78, 5) is 13.7. The van der Waals surface area contributed by atoms with E-state index in [4.69, 9.17) is 5.26 Å². The molecular weight excluding hydrogens is 277 g/mol. The number of nitriles is 1. The van der Waals surface area contributed by atoms with Gasteiger partial charge in [0.25, 0.3) is 5.91 Å². The predicted octanol–water partition coefficient (Wildman–Crippen LogP) is 2.83. The van der Waals surface area contributed by atoms with Gasteiger partial charge >= 0.3 is 0 Å². The average Bonchev–Trinajstić information content (AvgIpc) is 2.84. The minimum atomic E-state index is -0.747. The van der Waals surface area contributed by atoms with Crippen LogP contribution in [0.5, 0.6) is 0 Å². The fourth-order valence-electron chi connectivity index (χ4n) is 1.51. The van der Waals surface area contributed by atoms with Gasteiger partial charge in [0, 0.05) is 9.75 Å². The third kappa shape index (κ3) is 3.28. The third-order valence-electron chi connectivity index (χ3n) is 2.46. The lowest BCUT2D eigenvalue weighted by molar-refractivity contribution is 0.0951. The van der Waals surface area contributed by atoms with Gasteiger partial charge in [0.2, 0.25) is 0 Å². The van der Waals surface area contributed by atoms with Crippen LogP contribution in [0.3, 0.4) is 0 Å². The topological polar surface area (TPSA) is 65.2 Å². The molecule has 0 saturated carbocycles. The van der Waals surface area contributed by atoms with Crippen LogP contribution in [0.4, 0.5) is 4.39 Å². The maximum Gasteiger partial charge on any atom is 0.274 e. The number of carbonyl (C=O) groups excluding carboxylic acids is 1.